The Hall–Kier alpha value is -4.51. The van der Waals surface area contributed by atoms with E-state index in [2.05, 4.69) is 31.2 Å². The Morgan fingerprint density at radius 2 is 1.89 bits per heavy atom. The fraction of sp³-hybridized carbons (Fsp3) is 0.231. The molecule has 0 aliphatic carbocycles. The van der Waals surface area contributed by atoms with E-state index in [0.717, 1.165) is 10.9 Å². The summed E-state index contributed by atoms with van der Waals surface area (Å²) < 4.78 is 15.4. The molecule has 0 fully saturated rings. The van der Waals surface area contributed by atoms with Crippen LogP contribution < -0.4 is 16.0 Å². The van der Waals surface area contributed by atoms with Gasteiger partial charge in [0.05, 0.1) is 23.5 Å². The number of nitrogens with one attached hydrogen (secondary N) is 4. The first-order chi connectivity index (χ1) is 17.8. The maximum absolute atomic E-state index is 13.8. The number of anilines is 2. The third-order valence-corrected chi connectivity index (χ3v) is 6.24. The largest absolute Gasteiger partial charge is 0.351 e. The molecule has 1 aliphatic heterocycles. The highest BCUT2D eigenvalue weighted by atomic mass is 19.1. The molecule has 0 saturated heterocycles. The van der Waals surface area contributed by atoms with E-state index >= 15 is 0 Å². The van der Waals surface area contributed by atoms with Gasteiger partial charge in [0.2, 0.25) is 0 Å². The van der Waals surface area contributed by atoms with Crippen molar-refractivity contribution in [2.75, 3.05) is 37.8 Å². The predicted molar refractivity (Wildman–Crippen MR) is 139 cm³/mol. The van der Waals surface area contributed by atoms with Crippen molar-refractivity contribution in [2.45, 2.75) is 13.0 Å². The fourth-order valence-corrected chi connectivity index (χ4v) is 4.38. The van der Waals surface area contributed by atoms with E-state index in [9.17, 15) is 14.0 Å². The van der Waals surface area contributed by atoms with E-state index in [1.807, 2.05) is 31.1 Å². The van der Waals surface area contributed by atoms with Crippen LogP contribution in [0.4, 0.5) is 15.9 Å². The number of hydrogen-bond acceptors (Lipinski definition) is 6. The molecule has 1 atom stereocenters. The number of allylic oxidation sites excluding steroid dienone is 1. The van der Waals surface area contributed by atoms with Crippen LogP contribution in [0.1, 0.15) is 28.9 Å². The minimum atomic E-state index is -0.683. The van der Waals surface area contributed by atoms with E-state index in [4.69, 9.17) is 0 Å². The third-order valence-electron chi connectivity index (χ3n) is 6.24. The third kappa shape index (κ3) is 4.81. The summed E-state index contributed by atoms with van der Waals surface area (Å²) in [7, 11) is 3.85. The molecule has 1 aliphatic rings. The summed E-state index contributed by atoms with van der Waals surface area (Å²) in [5.74, 6) is -0.548. The van der Waals surface area contributed by atoms with E-state index < -0.39 is 6.04 Å². The van der Waals surface area contributed by atoms with E-state index in [1.54, 1.807) is 36.0 Å². The zero-order valence-corrected chi connectivity index (χ0v) is 20.7. The van der Waals surface area contributed by atoms with Crippen LogP contribution in [0.3, 0.4) is 0 Å². The number of carbonyl (C=O) groups is 2. The lowest BCUT2D eigenvalue weighted by Crippen LogP contribution is -2.33. The van der Waals surface area contributed by atoms with Gasteiger partial charge >= 0.3 is 0 Å². The number of fused-ring (bicyclic) bond motifs is 2. The lowest BCUT2D eigenvalue weighted by molar-refractivity contribution is -0.113. The lowest BCUT2D eigenvalue weighted by atomic mass is 9.94. The van der Waals surface area contributed by atoms with Crippen molar-refractivity contribution in [3.8, 4) is 0 Å². The Kier molecular flexibility index (Phi) is 6.45. The average molecular weight is 503 g/mol. The topological polar surface area (TPSA) is 120 Å². The van der Waals surface area contributed by atoms with Crippen molar-refractivity contribution >= 4 is 34.2 Å². The molecule has 5 rings (SSSR count). The average Bonchev–Trinajstić information content (AvgIpc) is 3.50. The van der Waals surface area contributed by atoms with Crippen LogP contribution in [-0.2, 0) is 4.79 Å². The number of benzene rings is 2. The maximum atomic E-state index is 13.8. The van der Waals surface area contributed by atoms with Gasteiger partial charge < -0.3 is 20.9 Å². The molecule has 0 radical (unpaired) electrons. The van der Waals surface area contributed by atoms with Crippen LogP contribution in [0.25, 0.3) is 10.9 Å². The monoisotopic (exact) mass is 502 g/mol. The highest BCUT2D eigenvalue weighted by Gasteiger charge is 2.35. The fourth-order valence-electron chi connectivity index (χ4n) is 4.38. The van der Waals surface area contributed by atoms with E-state index in [1.165, 1.54) is 18.3 Å². The van der Waals surface area contributed by atoms with Gasteiger partial charge in [-0.2, -0.15) is 10.2 Å². The predicted octanol–water partition coefficient (Wildman–Crippen LogP) is 3.12. The van der Waals surface area contributed by atoms with Gasteiger partial charge in [-0.15, -0.1) is 0 Å². The number of likely N-dealkylation sites (N-methyl/N-ethyl adjacent to an activating group) is 1. The normalized spacial score (nSPS) is 15.0. The van der Waals surface area contributed by atoms with Crippen molar-refractivity contribution in [3.05, 3.63) is 83.1 Å². The molecule has 0 spiro atoms. The highest BCUT2D eigenvalue weighted by molar-refractivity contribution is 6.07. The van der Waals surface area contributed by atoms with E-state index in [0.29, 0.717) is 47.0 Å². The number of aromatic nitrogens is 4. The number of carbonyl (C=O) groups excluding carboxylic acids is 2. The number of amides is 2. The Morgan fingerprint density at radius 3 is 2.65 bits per heavy atom. The van der Waals surface area contributed by atoms with Gasteiger partial charge in [-0.1, -0.05) is 12.1 Å². The number of aromatic amines is 1. The molecule has 0 bridgehead atoms. The molecular formula is C26H27FN8O2. The van der Waals surface area contributed by atoms with Crippen LogP contribution in [-0.4, -0.2) is 63.9 Å². The van der Waals surface area contributed by atoms with Crippen LogP contribution in [0.2, 0.25) is 0 Å². The van der Waals surface area contributed by atoms with Gasteiger partial charge in [-0.05, 0) is 56.9 Å². The molecule has 2 amide bonds. The lowest BCUT2D eigenvalue weighted by Gasteiger charge is -2.30. The highest BCUT2D eigenvalue weighted by Crippen LogP contribution is 2.38. The van der Waals surface area contributed by atoms with Gasteiger partial charge in [0.1, 0.15) is 23.2 Å². The number of hydrogen-bond donors (Lipinski definition) is 4. The maximum Gasteiger partial charge on any atom is 0.256 e. The van der Waals surface area contributed by atoms with Crippen molar-refractivity contribution < 1.29 is 14.0 Å². The Balaban J connectivity index is 1.50. The summed E-state index contributed by atoms with van der Waals surface area (Å²) in [6.07, 6.45) is 3.16. The van der Waals surface area contributed by atoms with Crippen molar-refractivity contribution in [1.82, 2.24) is 30.2 Å². The first-order valence-corrected chi connectivity index (χ1v) is 11.8. The second kappa shape index (κ2) is 9.86. The molecule has 4 N–H and O–H groups in total. The second-order valence-electron chi connectivity index (χ2n) is 9.15. The van der Waals surface area contributed by atoms with Gasteiger partial charge in [0.25, 0.3) is 11.8 Å². The Bertz CT molecular complexity index is 1500. The van der Waals surface area contributed by atoms with Gasteiger partial charge in [0, 0.05) is 29.9 Å². The van der Waals surface area contributed by atoms with Gasteiger partial charge in [-0.3, -0.25) is 14.7 Å². The first kappa shape index (κ1) is 24.2. The summed E-state index contributed by atoms with van der Waals surface area (Å²) in [5, 5.41) is 21.3. The van der Waals surface area contributed by atoms with Crippen LogP contribution >= 0.6 is 0 Å². The molecule has 11 heteroatoms. The van der Waals surface area contributed by atoms with Crippen LogP contribution in [0, 0.1) is 5.82 Å². The Morgan fingerprint density at radius 1 is 1.11 bits per heavy atom. The van der Waals surface area contributed by atoms with Crippen LogP contribution in [0.15, 0.2) is 66.1 Å². The summed E-state index contributed by atoms with van der Waals surface area (Å²) >= 11 is 0. The number of nitrogens with zero attached hydrogens (tertiary/aromatic N) is 4. The van der Waals surface area contributed by atoms with Gasteiger partial charge in [0.15, 0.2) is 0 Å². The van der Waals surface area contributed by atoms with Crippen molar-refractivity contribution in [2.24, 2.45) is 0 Å². The summed E-state index contributed by atoms with van der Waals surface area (Å²) in [6, 6.07) is 10.7. The second-order valence-corrected chi connectivity index (χ2v) is 9.15. The SMILES string of the molecule is CC1=C(C(=O)Nc2ccc3[nH]ncc3c2)C(c2ccc(F)cc2)n2ncc(C(=O)NCCN(C)C)c2N1. The minimum absolute atomic E-state index is 0.275. The molecule has 10 nitrogen and oxygen atoms in total. The number of H-pyrrole nitrogens is 1. The zero-order valence-electron chi connectivity index (χ0n) is 20.7. The minimum Gasteiger partial charge on any atom is -0.351 e. The van der Waals surface area contributed by atoms with Crippen molar-refractivity contribution in [1.29, 1.82) is 0 Å². The van der Waals surface area contributed by atoms with Crippen molar-refractivity contribution in [3.63, 3.8) is 0 Å². The molecule has 1 unspecified atom stereocenters. The quantitative estimate of drug-likeness (QED) is 0.308. The molecule has 2 aromatic heterocycles. The molecular weight excluding hydrogens is 475 g/mol. The van der Waals surface area contributed by atoms with Crippen LogP contribution in [0.5, 0.6) is 0 Å². The first-order valence-electron chi connectivity index (χ1n) is 11.8. The molecule has 0 saturated carbocycles. The molecule has 2 aromatic carbocycles. The summed E-state index contributed by atoms with van der Waals surface area (Å²) in [5.41, 5.74) is 3.43. The van der Waals surface area contributed by atoms with E-state index in [-0.39, 0.29) is 17.6 Å². The zero-order chi connectivity index (χ0) is 26.1. The molecule has 3 heterocycles. The van der Waals surface area contributed by atoms with Gasteiger partial charge in [-0.25, -0.2) is 9.07 Å². The number of rotatable bonds is 7. The summed E-state index contributed by atoms with van der Waals surface area (Å²) in [4.78, 5) is 28.5. The Labute approximate surface area is 212 Å². The molecule has 37 heavy (non-hydrogen) atoms. The molecule has 190 valence electrons. The standard InChI is InChI=1S/C26H27FN8O2/c1-15-22(26(37)32-19-8-9-21-17(12-19)13-29-33-21)23(16-4-6-18(27)7-5-16)35-24(31-15)20(14-30-35)25(36)28-10-11-34(2)3/h4-9,12-14,23,31H,10-11H2,1-3H3,(H,28,36)(H,29,33)(H,32,37). The smallest absolute Gasteiger partial charge is 0.256 e. The molecule has 4 aromatic rings. The summed E-state index contributed by atoms with van der Waals surface area (Å²) in [6.45, 7) is 2.94. The number of halogens is 1.